The van der Waals surface area contributed by atoms with Crippen LogP contribution in [0.5, 0.6) is 5.75 Å². The maximum Gasteiger partial charge on any atom is 0.357 e. The van der Waals surface area contributed by atoms with Crippen molar-refractivity contribution in [2.45, 2.75) is 39.7 Å². The van der Waals surface area contributed by atoms with Gasteiger partial charge in [0.15, 0.2) is 17.3 Å². The molecule has 0 radical (unpaired) electrons. The van der Waals surface area contributed by atoms with E-state index in [0.29, 0.717) is 48.1 Å². The molecule has 0 spiro atoms. The normalized spacial score (nSPS) is 10.6. The molecule has 37 heavy (non-hydrogen) atoms. The number of hydrogen-bond acceptors (Lipinski definition) is 7. The van der Waals surface area contributed by atoms with Crippen molar-refractivity contribution in [3.8, 4) is 34.5 Å². The van der Waals surface area contributed by atoms with Gasteiger partial charge in [-0.05, 0) is 36.1 Å². The van der Waals surface area contributed by atoms with Gasteiger partial charge >= 0.3 is 5.97 Å². The Morgan fingerprint density at radius 2 is 1.78 bits per heavy atom. The first-order valence-electron chi connectivity index (χ1n) is 12.3. The molecule has 0 aliphatic heterocycles. The minimum absolute atomic E-state index is 0.316. The average Bonchev–Trinajstić information content (AvgIpc) is 3.30. The molecule has 4 aromatic rings. The molecule has 0 aliphatic carbocycles. The first kappa shape index (κ1) is 25.6. The van der Waals surface area contributed by atoms with E-state index in [0.717, 1.165) is 35.4 Å². The van der Waals surface area contributed by atoms with Gasteiger partial charge in [0, 0.05) is 13.0 Å². The van der Waals surface area contributed by atoms with Crippen LogP contribution in [0.4, 0.5) is 0 Å². The number of carbonyl (C=O) groups is 1. The highest BCUT2D eigenvalue weighted by atomic mass is 16.5. The summed E-state index contributed by atoms with van der Waals surface area (Å²) in [6, 6.07) is 17.7. The molecule has 0 aliphatic rings. The Balaban J connectivity index is 1.74. The summed E-state index contributed by atoms with van der Waals surface area (Å²) in [5, 5.41) is 9.45. The standard InChI is InChI=1S/C29H29N5O3/c1-4-6-11-25-33-26(28-31-17-23(18-32-28)37-5-2)27(29(35)36-3)34(25)19-20-12-14-21(15-13-20)24-10-8-7-9-22(24)16-30/h7-10,12-15,17-18H,4-6,11,19H2,1-3H3. The van der Waals surface area contributed by atoms with Gasteiger partial charge in [-0.2, -0.15) is 5.26 Å². The monoisotopic (exact) mass is 495 g/mol. The molecule has 188 valence electrons. The van der Waals surface area contributed by atoms with Crippen LogP contribution in [-0.4, -0.2) is 39.2 Å². The second-order valence-electron chi connectivity index (χ2n) is 8.44. The molecule has 0 fully saturated rings. The smallest absolute Gasteiger partial charge is 0.357 e. The van der Waals surface area contributed by atoms with Crippen molar-refractivity contribution in [1.29, 1.82) is 5.26 Å². The molecule has 0 N–H and O–H groups in total. The molecule has 8 heteroatoms. The van der Waals surface area contributed by atoms with Crippen molar-refractivity contribution >= 4 is 5.97 Å². The van der Waals surface area contributed by atoms with Crippen LogP contribution >= 0.6 is 0 Å². The quantitative estimate of drug-likeness (QED) is 0.269. The van der Waals surface area contributed by atoms with Crippen molar-refractivity contribution in [2.24, 2.45) is 0 Å². The van der Waals surface area contributed by atoms with Crippen LogP contribution < -0.4 is 4.74 Å². The van der Waals surface area contributed by atoms with E-state index in [2.05, 4.69) is 23.0 Å². The van der Waals surface area contributed by atoms with Crippen molar-refractivity contribution in [3.63, 3.8) is 0 Å². The molecule has 0 atom stereocenters. The first-order valence-corrected chi connectivity index (χ1v) is 12.3. The lowest BCUT2D eigenvalue weighted by atomic mass is 9.99. The van der Waals surface area contributed by atoms with E-state index in [1.165, 1.54) is 7.11 Å². The highest BCUT2D eigenvalue weighted by molar-refractivity contribution is 5.94. The Morgan fingerprint density at radius 1 is 1.05 bits per heavy atom. The Kier molecular flexibility index (Phi) is 8.26. The van der Waals surface area contributed by atoms with Gasteiger partial charge in [0.2, 0.25) is 0 Å². The number of aromatic nitrogens is 4. The summed E-state index contributed by atoms with van der Waals surface area (Å²) >= 11 is 0. The van der Waals surface area contributed by atoms with Crippen LogP contribution in [0.25, 0.3) is 22.6 Å². The van der Waals surface area contributed by atoms with Gasteiger partial charge in [0.25, 0.3) is 0 Å². The minimum Gasteiger partial charge on any atom is -0.491 e. The van der Waals surface area contributed by atoms with Gasteiger partial charge in [-0.15, -0.1) is 0 Å². The molecular weight excluding hydrogens is 466 g/mol. The maximum absolute atomic E-state index is 13.0. The third-order valence-corrected chi connectivity index (χ3v) is 5.98. The predicted octanol–water partition coefficient (Wildman–Crippen LogP) is 5.45. The fourth-order valence-electron chi connectivity index (χ4n) is 4.14. The van der Waals surface area contributed by atoms with Gasteiger partial charge in [-0.1, -0.05) is 55.8 Å². The lowest BCUT2D eigenvalue weighted by Crippen LogP contribution is -2.15. The van der Waals surface area contributed by atoms with E-state index in [1.54, 1.807) is 12.4 Å². The summed E-state index contributed by atoms with van der Waals surface area (Å²) in [5.74, 6) is 1.16. The lowest BCUT2D eigenvalue weighted by molar-refractivity contribution is 0.0589. The molecule has 2 heterocycles. The fourth-order valence-corrected chi connectivity index (χ4v) is 4.14. The summed E-state index contributed by atoms with van der Waals surface area (Å²) in [7, 11) is 1.36. The van der Waals surface area contributed by atoms with Gasteiger partial charge in [-0.3, -0.25) is 0 Å². The summed E-state index contributed by atoms with van der Waals surface area (Å²) in [6.45, 7) is 4.93. The van der Waals surface area contributed by atoms with Crippen LogP contribution in [0.2, 0.25) is 0 Å². The first-order chi connectivity index (χ1) is 18.1. The van der Waals surface area contributed by atoms with E-state index in [-0.39, 0.29) is 0 Å². The predicted molar refractivity (Wildman–Crippen MR) is 140 cm³/mol. The number of esters is 1. The number of ether oxygens (including phenoxy) is 2. The van der Waals surface area contributed by atoms with Crippen LogP contribution in [0.3, 0.4) is 0 Å². The van der Waals surface area contributed by atoms with Gasteiger partial charge in [0.05, 0.1) is 37.7 Å². The molecule has 8 nitrogen and oxygen atoms in total. The van der Waals surface area contributed by atoms with E-state index in [9.17, 15) is 10.1 Å². The molecule has 0 saturated heterocycles. The number of rotatable bonds is 10. The molecule has 0 bridgehead atoms. The highest BCUT2D eigenvalue weighted by Crippen LogP contribution is 2.27. The molecule has 0 unspecified atom stereocenters. The largest absolute Gasteiger partial charge is 0.491 e. The van der Waals surface area contributed by atoms with E-state index >= 15 is 0 Å². The molecule has 0 saturated carbocycles. The summed E-state index contributed by atoms with van der Waals surface area (Å²) in [4.78, 5) is 26.6. The van der Waals surface area contributed by atoms with Crippen LogP contribution in [0.15, 0.2) is 60.9 Å². The van der Waals surface area contributed by atoms with Gasteiger partial charge < -0.3 is 14.0 Å². The zero-order valence-corrected chi connectivity index (χ0v) is 21.3. The van der Waals surface area contributed by atoms with E-state index in [1.807, 2.05) is 60.0 Å². The summed E-state index contributed by atoms with van der Waals surface area (Å²) < 4.78 is 12.5. The third-order valence-electron chi connectivity index (χ3n) is 5.98. The number of nitrogens with zero attached hydrogens (tertiary/aromatic N) is 5. The third kappa shape index (κ3) is 5.67. The van der Waals surface area contributed by atoms with Gasteiger partial charge in [0.1, 0.15) is 11.5 Å². The molecule has 2 aromatic carbocycles. The lowest BCUT2D eigenvalue weighted by Gasteiger charge is -2.12. The highest BCUT2D eigenvalue weighted by Gasteiger charge is 2.26. The van der Waals surface area contributed by atoms with Crippen molar-refractivity contribution < 1.29 is 14.3 Å². The van der Waals surface area contributed by atoms with Gasteiger partial charge in [-0.25, -0.2) is 19.7 Å². The number of unbranched alkanes of at least 4 members (excludes halogenated alkanes) is 1. The van der Waals surface area contributed by atoms with Crippen LogP contribution in [0, 0.1) is 11.3 Å². The zero-order valence-electron chi connectivity index (χ0n) is 21.3. The molecule has 4 rings (SSSR count). The number of imidazole rings is 1. The number of nitriles is 1. The van der Waals surface area contributed by atoms with Crippen molar-refractivity contribution in [1.82, 2.24) is 19.5 Å². The van der Waals surface area contributed by atoms with E-state index < -0.39 is 5.97 Å². The average molecular weight is 496 g/mol. The van der Waals surface area contributed by atoms with E-state index in [4.69, 9.17) is 14.5 Å². The summed E-state index contributed by atoms with van der Waals surface area (Å²) in [6.07, 6.45) is 5.77. The SMILES string of the molecule is CCCCc1nc(-c2ncc(OCC)cn2)c(C(=O)OC)n1Cc1ccc(-c2ccccc2C#N)cc1. The number of benzene rings is 2. The number of methoxy groups -OCH3 is 1. The van der Waals surface area contributed by atoms with Crippen LogP contribution in [0.1, 0.15) is 54.1 Å². The Labute approximate surface area is 216 Å². The zero-order chi connectivity index (χ0) is 26.2. The van der Waals surface area contributed by atoms with Crippen LogP contribution in [-0.2, 0) is 17.7 Å². The Morgan fingerprint density at radius 3 is 2.43 bits per heavy atom. The minimum atomic E-state index is -0.498. The fraction of sp³-hybridized carbons (Fsp3) is 0.276. The molecule has 2 aromatic heterocycles. The number of carbonyl (C=O) groups excluding carboxylic acids is 1. The summed E-state index contributed by atoms with van der Waals surface area (Å²) in [5.41, 5.74) is 4.15. The second-order valence-corrected chi connectivity index (χ2v) is 8.44. The number of hydrogen-bond donors (Lipinski definition) is 0. The van der Waals surface area contributed by atoms with Crippen molar-refractivity contribution in [3.05, 3.63) is 83.6 Å². The maximum atomic E-state index is 13.0. The number of aryl methyl sites for hydroxylation is 1. The van der Waals surface area contributed by atoms with Crippen molar-refractivity contribution in [2.75, 3.05) is 13.7 Å². The molecule has 0 amide bonds. The topological polar surface area (TPSA) is 103 Å². The Hall–Kier alpha value is -4.51. The second kappa shape index (κ2) is 12.0. The molecular formula is C29H29N5O3. The Bertz CT molecular complexity index is 1400.